The summed E-state index contributed by atoms with van der Waals surface area (Å²) in [6.45, 7) is 5.01. The zero-order valence-electron chi connectivity index (χ0n) is 8.04. The molecule has 0 bridgehead atoms. The Morgan fingerprint density at radius 1 is 1.58 bits per heavy atom. The van der Waals surface area contributed by atoms with E-state index >= 15 is 0 Å². The predicted octanol–water partition coefficient (Wildman–Crippen LogP) is 1.04. The van der Waals surface area contributed by atoms with Crippen LogP contribution in [0.15, 0.2) is 6.20 Å². The van der Waals surface area contributed by atoms with E-state index in [2.05, 4.69) is 25.1 Å². The number of rotatable bonds is 3. The minimum absolute atomic E-state index is 0.493. The van der Waals surface area contributed by atoms with Gasteiger partial charge in [-0.3, -0.25) is 4.68 Å². The second-order valence-electron chi connectivity index (χ2n) is 3.41. The fourth-order valence-corrected chi connectivity index (χ4v) is 1.39. The van der Waals surface area contributed by atoms with Gasteiger partial charge in [-0.25, -0.2) is 0 Å². The fourth-order valence-electron chi connectivity index (χ4n) is 1.39. The Bertz CT molecular complexity index is 250. The summed E-state index contributed by atoms with van der Waals surface area (Å²) in [4.78, 5) is 0. The van der Waals surface area contributed by atoms with E-state index in [9.17, 15) is 0 Å². The van der Waals surface area contributed by atoms with Crippen LogP contribution >= 0.6 is 0 Å². The summed E-state index contributed by atoms with van der Waals surface area (Å²) in [5.74, 6) is 0.493. The molecule has 2 N–H and O–H groups in total. The smallest absolute Gasteiger partial charge is 0.0682 e. The lowest BCUT2D eigenvalue weighted by atomic mass is 10.0. The van der Waals surface area contributed by atoms with Crippen molar-refractivity contribution in [3.05, 3.63) is 17.5 Å². The third-order valence-corrected chi connectivity index (χ3v) is 1.90. The highest BCUT2D eigenvalue weighted by Crippen LogP contribution is 2.16. The zero-order chi connectivity index (χ0) is 9.14. The van der Waals surface area contributed by atoms with Crippen molar-refractivity contribution in [1.82, 2.24) is 9.78 Å². The first-order chi connectivity index (χ1) is 5.65. The molecular weight excluding hydrogens is 150 g/mol. The Labute approximate surface area is 73.6 Å². The molecule has 0 amide bonds. The second-order valence-corrected chi connectivity index (χ2v) is 3.41. The van der Waals surface area contributed by atoms with Gasteiger partial charge in [-0.1, -0.05) is 13.8 Å². The molecule has 0 saturated carbocycles. The summed E-state index contributed by atoms with van der Waals surface area (Å²) < 4.78 is 1.86. The molecular formula is C9H17N3. The maximum absolute atomic E-state index is 5.50. The summed E-state index contributed by atoms with van der Waals surface area (Å²) in [5, 5.41) is 4.39. The summed E-state index contributed by atoms with van der Waals surface area (Å²) in [5.41, 5.74) is 7.97. The highest BCUT2D eigenvalue weighted by atomic mass is 15.3. The molecule has 0 saturated heterocycles. The summed E-state index contributed by atoms with van der Waals surface area (Å²) in [6.07, 6.45) is 2.99. The number of aromatic nitrogens is 2. The van der Waals surface area contributed by atoms with E-state index in [4.69, 9.17) is 5.73 Å². The van der Waals surface area contributed by atoms with Crippen LogP contribution in [0.1, 0.15) is 31.0 Å². The average Bonchev–Trinajstić information content (AvgIpc) is 2.32. The molecule has 0 aliphatic rings. The van der Waals surface area contributed by atoms with Gasteiger partial charge in [0.05, 0.1) is 5.69 Å². The van der Waals surface area contributed by atoms with Gasteiger partial charge in [-0.15, -0.1) is 0 Å². The zero-order valence-corrected chi connectivity index (χ0v) is 8.04. The van der Waals surface area contributed by atoms with Gasteiger partial charge in [0.25, 0.3) is 0 Å². The Morgan fingerprint density at radius 3 is 2.75 bits per heavy atom. The Hall–Kier alpha value is -0.830. The van der Waals surface area contributed by atoms with E-state index in [1.807, 2.05) is 11.7 Å². The molecule has 0 fully saturated rings. The Morgan fingerprint density at radius 2 is 2.25 bits per heavy atom. The van der Waals surface area contributed by atoms with E-state index in [0.29, 0.717) is 12.5 Å². The number of hydrogen-bond donors (Lipinski definition) is 1. The lowest BCUT2D eigenvalue weighted by molar-refractivity contribution is 0.711. The maximum Gasteiger partial charge on any atom is 0.0682 e. The van der Waals surface area contributed by atoms with Gasteiger partial charge in [-0.2, -0.15) is 5.10 Å². The molecule has 0 aromatic carbocycles. The topological polar surface area (TPSA) is 43.8 Å². The number of nitrogens with zero attached hydrogens (tertiary/aromatic N) is 2. The van der Waals surface area contributed by atoms with Crippen molar-refractivity contribution in [2.24, 2.45) is 12.8 Å². The molecule has 0 aliphatic carbocycles. The van der Waals surface area contributed by atoms with Gasteiger partial charge in [0.15, 0.2) is 0 Å². The molecule has 1 aromatic rings. The summed E-state index contributed by atoms with van der Waals surface area (Å²) in [6, 6.07) is 0. The van der Waals surface area contributed by atoms with Crippen LogP contribution in [0, 0.1) is 0 Å². The number of nitrogens with two attached hydrogens (primary N) is 1. The lowest BCUT2D eigenvalue weighted by Gasteiger charge is -2.02. The van der Waals surface area contributed by atoms with E-state index in [0.717, 1.165) is 6.42 Å². The van der Waals surface area contributed by atoms with Crippen molar-refractivity contribution in [3.8, 4) is 0 Å². The first-order valence-corrected chi connectivity index (χ1v) is 4.37. The van der Waals surface area contributed by atoms with Crippen LogP contribution in [0.4, 0.5) is 0 Å². The molecule has 0 radical (unpaired) electrons. The molecule has 1 aromatic heterocycles. The van der Waals surface area contributed by atoms with Crippen molar-refractivity contribution >= 4 is 0 Å². The highest BCUT2D eigenvalue weighted by Gasteiger charge is 2.09. The third-order valence-electron chi connectivity index (χ3n) is 1.90. The van der Waals surface area contributed by atoms with E-state index < -0.39 is 0 Å². The molecule has 0 aliphatic heterocycles. The molecule has 1 rings (SSSR count). The van der Waals surface area contributed by atoms with Crippen molar-refractivity contribution < 1.29 is 0 Å². The molecule has 12 heavy (non-hydrogen) atoms. The largest absolute Gasteiger partial charge is 0.330 e. The average molecular weight is 167 g/mol. The van der Waals surface area contributed by atoms with E-state index in [1.165, 1.54) is 11.3 Å². The molecule has 68 valence electrons. The highest BCUT2D eigenvalue weighted by molar-refractivity contribution is 5.20. The maximum atomic E-state index is 5.50. The minimum Gasteiger partial charge on any atom is -0.330 e. The van der Waals surface area contributed by atoms with Crippen LogP contribution < -0.4 is 5.73 Å². The van der Waals surface area contributed by atoms with Crippen LogP contribution in [0.2, 0.25) is 0 Å². The molecule has 1 heterocycles. The van der Waals surface area contributed by atoms with Crippen molar-refractivity contribution in [2.75, 3.05) is 6.54 Å². The van der Waals surface area contributed by atoms with E-state index in [-0.39, 0.29) is 0 Å². The van der Waals surface area contributed by atoms with Gasteiger partial charge < -0.3 is 5.73 Å². The minimum atomic E-state index is 0.493. The van der Waals surface area contributed by atoms with Crippen molar-refractivity contribution in [2.45, 2.75) is 26.2 Å². The van der Waals surface area contributed by atoms with Gasteiger partial charge >= 0.3 is 0 Å². The predicted molar refractivity (Wildman–Crippen MR) is 50.1 cm³/mol. The van der Waals surface area contributed by atoms with Crippen LogP contribution in [0.5, 0.6) is 0 Å². The Kier molecular flexibility index (Phi) is 2.87. The molecule has 0 spiro atoms. The van der Waals surface area contributed by atoms with Crippen molar-refractivity contribution in [1.29, 1.82) is 0 Å². The Balaban J connectivity index is 2.92. The number of hydrogen-bond acceptors (Lipinski definition) is 2. The van der Waals surface area contributed by atoms with Crippen molar-refractivity contribution in [3.63, 3.8) is 0 Å². The summed E-state index contributed by atoms with van der Waals surface area (Å²) in [7, 11) is 1.95. The summed E-state index contributed by atoms with van der Waals surface area (Å²) >= 11 is 0. The molecule has 0 unspecified atom stereocenters. The molecule has 3 heteroatoms. The number of aryl methyl sites for hydroxylation is 1. The molecule has 0 atom stereocenters. The van der Waals surface area contributed by atoms with Gasteiger partial charge in [0, 0.05) is 13.2 Å². The first-order valence-electron chi connectivity index (χ1n) is 4.37. The third kappa shape index (κ3) is 1.85. The van der Waals surface area contributed by atoms with Gasteiger partial charge in [-0.05, 0) is 24.4 Å². The standard InChI is InChI=1S/C9H17N3/c1-7(2)9-8(4-5-10)6-12(3)11-9/h6-7H,4-5,10H2,1-3H3. The molecule has 3 nitrogen and oxygen atoms in total. The second kappa shape index (κ2) is 3.72. The SMILES string of the molecule is CC(C)c1nn(C)cc1CCN. The quantitative estimate of drug-likeness (QED) is 0.731. The van der Waals surface area contributed by atoms with E-state index in [1.54, 1.807) is 0 Å². The van der Waals surface area contributed by atoms with Crippen LogP contribution in [-0.2, 0) is 13.5 Å². The van der Waals surface area contributed by atoms with Gasteiger partial charge in [0.2, 0.25) is 0 Å². The monoisotopic (exact) mass is 167 g/mol. The van der Waals surface area contributed by atoms with Crippen LogP contribution in [0.3, 0.4) is 0 Å². The fraction of sp³-hybridized carbons (Fsp3) is 0.667. The lowest BCUT2D eigenvalue weighted by Crippen LogP contribution is -2.04. The first kappa shape index (κ1) is 9.26. The van der Waals surface area contributed by atoms with Crippen LogP contribution in [-0.4, -0.2) is 16.3 Å². The normalized spacial score (nSPS) is 11.1. The van der Waals surface area contributed by atoms with Gasteiger partial charge in [0.1, 0.15) is 0 Å². The van der Waals surface area contributed by atoms with Crippen LogP contribution in [0.25, 0.3) is 0 Å².